The van der Waals surface area contributed by atoms with Gasteiger partial charge in [0.05, 0.1) is 19.9 Å². The molecule has 0 radical (unpaired) electrons. The zero-order valence-electron chi connectivity index (χ0n) is 14.5. The monoisotopic (exact) mass is 384 g/mol. The molecule has 2 aromatic carbocycles. The molecule has 0 aliphatic heterocycles. The Morgan fingerprint density at radius 2 is 2.07 bits per heavy atom. The van der Waals surface area contributed by atoms with Gasteiger partial charge >= 0.3 is 0 Å². The Morgan fingerprint density at radius 1 is 1.30 bits per heavy atom. The molecule has 0 aliphatic carbocycles. The number of nitrogens with one attached hydrogen (secondary N) is 1. The lowest BCUT2D eigenvalue weighted by Gasteiger charge is -2.03. The second kappa shape index (κ2) is 8.37. The average Bonchev–Trinajstić information content (AvgIpc) is 3.13. The number of carbonyl (C=O) groups is 1. The molecule has 0 aliphatic rings. The van der Waals surface area contributed by atoms with Crippen molar-refractivity contribution in [1.29, 1.82) is 0 Å². The number of phenolic OH excluding ortho intramolecular Hbond substituents is 1. The van der Waals surface area contributed by atoms with Crippen LogP contribution in [0.5, 0.6) is 11.5 Å². The minimum Gasteiger partial charge on any atom is -0.507 e. The standard InChI is InChI=1S/C19H17ClN4O3/c1-27-16-6-7-18(25)14(10-16)11-21-22-19(26)17-8-9-24(23-17)12-13-2-4-15(20)5-3-13/h2-11,25H,12H2,1H3,(H,22,26). The number of carbonyl (C=O) groups excluding carboxylic acids is 1. The summed E-state index contributed by atoms with van der Waals surface area (Å²) in [6.45, 7) is 0.519. The van der Waals surface area contributed by atoms with Gasteiger partial charge < -0.3 is 9.84 Å². The summed E-state index contributed by atoms with van der Waals surface area (Å²) in [5.74, 6) is 0.144. The van der Waals surface area contributed by atoms with E-state index in [1.54, 1.807) is 41.2 Å². The summed E-state index contributed by atoms with van der Waals surface area (Å²) in [5.41, 5.74) is 4.05. The summed E-state index contributed by atoms with van der Waals surface area (Å²) in [6.07, 6.45) is 3.04. The van der Waals surface area contributed by atoms with Crippen molar-refractivity contribution in [2.75, 3.05) is 7.11 Å². The number of benzene rings is 2. The van der Waals surface area contributed by atoms with Crippen molar-refractivity contribution in [3.8, 4) is 11.5 Å². The quantitative estimate of drug-likeness (QED) is 0.505. The molecule has 2 N–H and O–H groups in total. The van der Waals surface area contributed by atoms with E-state index in [9.17, 15) is 9.90 Å². The van der Waals surface area contributed by atoms with Crippen LogP contribution in [-0.2, 0) is 6.54 Å². The fourth-order valence-corrected chi connectivity index (χ4v) is 2.45. The van der Waals surface area contributed by atoms with Crippen LogP contribution in [0.3, 0.4) is 0 Å². The average molecular weight is 385 g/mol. The predicted molar refractivity (Wildman–Crippen MR) is 102 cm³/mol. The lowest BCUT2D eigenvalue weighted by atomic mass is 10.2. The highest BCUT2D eigenvalue weighted by atomic mass is 35.5. The van der Waals surface area contributed by atoms with E-state index >= 15 is 0 Å². The summed E-state index contributed by atoms with van der Waals surface area (Å²) in [5, 5.41) is 18.5. The molecule has 0 saturated carbocycles. The molecule has 0 saturated heterocycles. The number of ether oxygens (including phenoxy) is 1. The Labute approximate surface area is 160 Å². The first-order valence-electron chi connectivity index (χ1n) is 8.03. The Hall–Kier alpha value is -3.32. The van der Waals surface area contributed by atoms with Gasteiger partial charge in [0.2, 0.25) is 0 Å². The van der Waals surface area contributed by atoms with Crippen LogP contribution in [0.15, 0.2) is 59.8 Å². The zero-order chi connectivity index (χ0) is 19.2. The van der Waals surface area contributed by atoms with E-state index in [0.717, 1.165) is 5.56 Å². The van der Waals surface area contributed by atoms with Gasteiger partial charge in [-0.1, -0.05) is 23.7 Å². The molecular weight excluding hydrogens is 368 g/mol. The number of nitrogens with zero attached hydrogens (tertiary/aromatic N) is 3. The molecule has 3 rings (SSSR count). The summed E-state index contributed by atoms with van der Waals surface area (Å²) in [4.78, 5) is 12.1. The summed E-state index contributed by atoms with van der Waals surface area (Å²) < 4.78 is 6.73. The lowest BCUT2D eigenvalue weighted by molar-refractivity contribution is 0.0949. The molecule has 27 heavy (non-hydrogen) atoms. The molecule has 1 heterocycles. The molecule has 0 bridgehead atoms. The summed E-state index contributed by atoms with van der Waals surface area (Å²) >= 11 is 5.87. The van der Waals surface area contributed by atoms with E-state index in [1.807, 2.05) is 12.1 Å². The van der Waals surface area contributed by atoms with Crippen molar-refractivity contribution in [3.05, 3.63) is 76.6 Å². The fraction of sp³-hybridized carbons (Fsp3) is 0.105. The second-order valence-corrected chi connectivity index (χ2v) is 6.09. The molecule has 0 fully saturated rings. The van der Waals surface area contributed by atoms with Crippen molar-refractivity contribution >= 4 is 23.7 Å². The van der Waals surface area contributed by atoms with Crippen LogP contribution in [0.25, 0.3) is 0 Å². The van der Waals surface area contributed by atoms with E-state index in [0.29, 0.717) is 22.9 Å². The van der Waals surface area contributed by atoms with Crippen LogP contribution >= 0.6 is 11.6 Å². The Morgan fingerprint density at radius 3 is 2.81 bits per heavy atom. The molecule has 8 heteroatoms. The van der Waals surface area contributed by atoms with Gasteiger partial charge in [0.25, 0.3) is 5.91 Å². The lowest BCUT2D eigenvalue weighted by Crippen LogP contribution is -2.18. The van der Waals surface area contributed by atoms with Crippen LogP contribution in [0.4, 0.5) is 0 Å². The number of halogens is 1. The minimum absolute atomic E-state index is 0.0287. The fourth-order valence-electron chi connectivity index (χ4n) is 2.33. The van der Waals surface area contributed by atoms with Crippen LogP contribution in [-0.4, -0.2) is 34.1 Å². The van der Waals surface area contributed by atoms with Crippen molar-refractivity contribution in [3.63, 3.8) is 0 Å². The molecule has 3 aromatic rings. The van der Waals surface area contributed by atoms with Gasteiger partial charge in [-0.3, -0.25) is 9.48 Å². The number of amides is 1. The molecule has 0 unspecified atom stereocenters. The number of aromatic nitrogens is 2. The van der Waals surface area contributed by atoms with E-state index in [4.69, 9.17) is 16.3 Å². The molecule has 138 valence electrons. The number of methoxy groups -OCH3 is 1. The van der Waals surface area contributed by atoms with Gasteiger partial charge in [0.1, 0.15) is 11.5 Å². The van der Waals surface area contributed by atoms with E-state index in [-0.39, 0.29) is 11.4 Å². The van der Waals surface area contributed by atoms with Crippen molar-refractivity contribution < 1.29 is 14.6 Å². The normalized spacial score (nSPS) is 10.9. The molecular formula is C19H17ClN4O3. The Bertz CT molecular complexity index is 967. The third-order valence-corrected chi connectivity index (χ3v) is 3.99. The highest BCUT2D eigenvalue weighted by Crippen LogP contribution is 2.20. The van der Waals surface area contributed by atoms with Crippen LogP contribution < -0.4 is 10.2 Å². The number of hydrogen-bond donors (Lipinski definition) is 2. The first kappa shape index (κ1) is 18.5. The maximum Gasteiger partial charge on any atom is 0.291 e. The molecule has 0 atom stereocenters. The predicted octanol–water partition coefficient (Wildman–Crippen LogP) is 3.06. The third kappa shape index (κ3) is 4.86. The molecule has 1 amide bonds. The van der Waals surface area contributed by atoms with Crippen LogP contribution in [0.1, 0.15) is 21.6 Å². The Balaban J connectivity index is 1.62. The zero-order valence-corrected chi connectivity index (χ0v) is 15.2. The number of hydrazone groups is 1. The third-order valence-electron chi connectivity index (χ3n) is 3.74. The number of rotatable bonds is 6. The first-order chi connectivity index (χ1) is 13.0. The number of hydrogen-bond acceptors (Lipinski definition) is 5. The van der Waals surface area contributed by atoms with E-state index in [1.165, 1.54) is 19.4 Å². The van der Waals surface area contributed by atoms with Crippen molar-refractivity contribution in [2.45, 2.75) is 6.54 Å². The van der Waals surface area contributed by atoms with Crippen molar-refractivity contribution in [1.82, 2.24) is 15.2 Å². The molecule has 1 aromatic heterocycles. The topological polar surface area (TPSA) is 88.7 Å². The molecule has 0 spiro atoms. The molecule has 7 nitrogen and oxygen atoms in total. The highest BCUT2D eigenvalue weighted by Gasteiger charge is 2.09. The Kier molecular flexibility index (Phi) is 5.73. The highest BCUT2D eigenvalue weighted by molar-refractivity contribution is 6.30. The van der Waals surface area contributed by atoms with E-state index in [2.05, 4.69) is 15.6 Å². The smallest absolute Gasteiger partial charge is 0.291 e. The van der Waals surface area contributed by atoms with Gasteiger partial charge in [0.15, 0.2) is 5.69 Å². The minimum atomic E-state index is -0.455. The van der Waals surface area contributed by atoms with E-state index < -0.39 is 5.91 Å². The SMILES string of the molecule is COc1ccc(O)c(C=NNC(=O)c2ccn(Cc3ccc(Cl)cc3)n2)c1. The maximum atomic E-state index is 12.1. The van der Waals surface area contributed by atoms with Gasteiger partial charge in [-0.05, 0) is 42.0 Å². The van der Waals surface area contributed by atoms with Gasteiger partial charge in [0, 0.05) is 16.8 Å². The maximum absolute atomic E-state index is 12.1. The number of aromatic hydroxyl groups is 1. The summed E-state index contributed by atoms with van der Waals surface area (Å²) in [6, 6.07) is 13.7. The van der Waals surface area contributed by atoms with Crippen LogP contribution in [0.2, 0.25) is 5.02 Å². The summed E-state index contributed by atoms with van der Waals surface area (Å²) in [7, 11) is 1.52. The van der Waals surface area contributed by atoms with Gasteiger partial charge in [-0.2, -0.15) is 10.2 Å². The first-order valence-corrected chi connectivity index (χ1v) is 8.41. The van der Waals surface area contributed by atoms with Crippen molar-refractivity contribution in [2.24, 2.45) is 5.10 Å². The van der Waals surface area contributed by atoms with Gasteiger partial charge in [-0.15, -0.1) is 0 Å². The largest absolute Gasteiger partial charge is 0.507 e. The second-order valence-electron chi connectivity index (χ2n) is 5.65. The van der Waals surface area contributed by atoms with Crippen LogP contribution in [0, 0.1) is 0 Å². The van der Waals surface area contributed by atoms with Gasteiger partial charge in [-0.25, -0.2) is 5.43 Å². The number of phenols is 1.